The largest absolute Gasteiger partial charge is 0.378 e. The Morgan fingerprint density at radius 2 is 1.83 bits per heavy atom. The van der Waals surface area contributed by atoms with Gasteiger partial charge in [0.05, 0.1) is 14.4 Å². The van der Waals surface area contributed by atoms with E-state index in [9.17, 15) is 4.79 Å². The summed E-state index contributed by atoms with van der Waals surface area (Å²) in [5, 5.41) is 0. The number of hydrogen-bond donors (Lipinski definition) is 0. The maximum absolute atomic E-state index is 13.1. The zero-order valence-electron chi connectivity index (χ0n) is 22.0. The highest BCUT2D eigenvalue weighted by atomic mass is 127. The van der Waals surface area contributed by atoms with E-state index in [-0.39, 0.29) is 58.8 Å². The maximum atomic E-state index is 13.1. The smallest absolute Gasteiger partial charge is 0.133 e. The molecule has 4 rings (SSSR count). The number of carbonyl (C=O) groups excluding carboxylic acids is 1. The molecule has 0 bridgehead atoms. The van der Waals surface area contributed by atoms with Crippen LogP contribution >= 0.6 is 64.1 Å². The summed E-state index contributed by atoms with van der Waals surface area (Å²) in [6.45, 7) is 12.9. The van der Waals surface area contributed by atoms with Crippen LogP contribution in [0.25, 0.3) is 0 Å². The minimum absolute atomic E-state index is 0.0316. The number of ether oxygens (including phenoxy) is 1. The summed E-state index contributed by atoms with van der Waals surface area (Å²) in [5.74, 6) is 4.31. The van der Waals surface area contributed by atoms with Crippen molar-refractivity contribution in [2.75, 3.05) is 7.11 Å². The molecule has 0 unspecified atom stereocenters. The molecule has 4 saturated carbocycles. The molecule has 5 heteroatoms. The van der Waals surface area contributed by atoms with Crippen molar-refractivity contribution in [3.63, 3.8) is 0 Å². The second-order valence-electron chi connectivity index (χ2n) is 12.2. The van der Waals surface area contributed by atoms with E-state index in [2.05, 4.69) is 72.2 Å². The van der Waals surface area contributed by atoms with Crippen molar-refractivity contribution in [1.82, 2.24) is 0 Å². The first-order chi connectivity index (χ1) is 16.3. The van der Waals surface area contributed by atoms with E-state index < -0.39 is 20.7 Å². The van der Waals surface area contributed by atoms with Gasteiger partial charge >= 0.3 is 0 Å². The minimum atomic E-state index is -0.508. The van der Waals surface area contributed by atoms with Gasteiger partial charge in [0.25, 0.3) is 0 Å². The Morgan fingerprint density at radius 3 is 2.34 bits per heavy atom. The lowest BCUT2D eigenvalue weighted by atomic mass is 9.37. The fourth-order valence-electron chi connectivity index (χ4n) is 9.82. The van der Waals surface area contributed by atoms with Gasteiger partial charge in [-0.05, 0) is 82.6 Å². The van der Waals surface area contributed by atoms with E-state index in [1.54, 1.807) is 6.92 Å². The van der Waals surface area contributed by atoms with Crippen LogP contribution < -0.4 is 0 Å². The van der Waals surface area contributed by atoms with E-state index in [4.69, 9.17) is 15.7 Å². The van der Waals surface area contributed by atoms with Crippen LogP contribution in [0.4, 0.5) is 0 Å². The fourth-order valence-corrected chi connectivity index (χ4v) is 19.8. The van der Waals surface area contributed by atoms with Crippen molar-refractivity contribution < 1.29 is 9.53 Å². The first kappa shape index (κ1) is 28.6. The summed E-state index contributed by atoms with van der Waals surface area (Å²) in [4.78, 5) is 13.1. The van der Waals surface area contributed by atoms with E-state index in [0.29, 0.717) is 11.7 Å². The Morgan fingerprint density at radius 1 is 1.14 bits per heavy atom. The molecule has 0 aliphatic heterocycles. The van der Waals surface area contributed by atoms with Gasteiger partial charge in [0, 0.05) is 25.3 Å². The Bertz CT molecular complexity index is 1060. The van der Waals surface area contributed by atoms with E-state index in [1.165, 1.54) is 0 Å². The first-order valence-corrected chi connectivity index (χ1v) is 19.0. The summed E-state index contributed by atoms with van der Waals surface area (Å²) < 4.78 is 15.6. The van der Waals surface area contributed by atoms with Crippen molar-refractivity contribution >= 4 is 78.9 Å². The zero-order chi connectivity index (χ0) is 26.1. The molecule has 4 fully saturated rings. The molecule has 0 heterocycles. The molecular weight excluding hydrogens is 773 g/mol. The highest BCUT2D eigenvalue weighted by Gasteiger charge is 2.82. The maximum Gasteiger partial charge on any atom is 0.133 e. The van der Waals surface area contributed by atoms with E-state index >= 15 is 0 Å². The number of rotatable bonds is 5. The highest BCUT2D eigenvalue weighted by molar-refractivity contribution is 14.2. The van der Waals surface area contributed by atoms with E-state index in [0.717, 1.165) is 51.4 Å². The number of allylic oxidation sites excluding steroid dienone is 1. The van der Waals surface area contributed by atoms with Gasteiger partial charge in [-0.25, -0.2) is 0 Å². The predicted molar refractivity (Wildman–Crippen MR) is 176 cm³/mol. The number of terminal acetylenes is 1. The second kappa shape index (κ2) is 9.10. The number of Topliss-reactive ketones (excluding diaryl/α,β-unsaturated/α-hetero) is 1. The summed E-state index contributed by atoms with van der Waals surface area (Å²) in [7, 11) is 1.87. The third-order valence-electron chi connectivity index (χ3n) is 11.2. The molecule has 4 aliphatic rings. The Kier molecular flexibility index (Phi) is 7.45. The molecule has 0 N–H and O–H groups in total. The molecule has 4 aliphatic carbocycles. The molecule has 194 valence electrons. The number of alkyl halides is 3. The first-order valence-electron chi connectivity index (χ1n) is 12.7. The van der Waals surface area contributed by atoms with Crippen molar-refractivity contribution in [3.05, 3.63) is 18.4 Å². The summed E-state index contributed by atoms with van der Waals surface area (Å²) in [6, 6.07) is 0. The predicted octanol–water partition coefficient (Wildman–Crippen LogP) is 7.82. The van der Waals surface area contributed by atoms with Gasteiger partial charge in [0.2, 0.25) is 0 Å². The topological polar surface area (TPSA) is 26.3 Å². The molecule has 0 amide bonds. The number of fused-ring (bicyclic) bond motifs is 5. The quantitative estimate of drug-likeness (QED) is 0.123. The van der Waals surface area contributed by atoms with Gasteiger partial charge < -0.3 is 4.74 Å². The fraction of sp³-hybridized carbons (Fsp3) is 0.733. The van der Waals surface area contributed by atoms with Crippen LogP contribution in [0.2, 0.25) is 0 Å². The van der Waals surface area contributed by atoms with Gasteiger partial charge in [0.1, 0.15) is 5.78 Å². The molecule has 0 aromatic carbocycles. The number of halogens is 3. The van der Waals surface area contributed by atoms with Crippen LogP contribution in [0.5, 0.6) is 0 Å². The normalized spacial score (nSPS) is 52.8. The molecule has 0 aromatic heterocycles. The summed E-state index contributed by atoms with van der Waals surface area (Å²) >= 11 is 2.02. The highest BCUT2D eigenvalue weighted by Crippen LogP contribution is 2.84. The van der Waals surface area contributed by atoms with Gasteiger partial charge in [-0.1, -0.05) is 58.0 Å². The molecular formula is C30H41I3O2. The lowest BCUT2D eigenvalue weighted by Crippen LogP contribution is -2.77. The van der Waals surface area contributed by atoms with Gasteiger partial charge in [-0.3, -0.25) is 4.79 Å². The van der Waals surface area contributed by atoms with Crippen molar-refractivity contribution in [2.45, 2.75) is 94.9 Å². The van der Waals surface area contributed by atoms with Crippen LogP contribution in [-0.2, 0) is 9.53 Å². The van der Waals surface area contributed by atoms with Crippen molar-refractivity contribution in [1.29, 1.82) is 0 Å². The molecule has 0 saturated heterocycles. The Hall–Kier alpha value is 0.640. The number of methoxy groups -OCH3 is 1. The molecule has 2 nitrogen and oxygen atoms in total. The Labute approximate surface area is 246 Å². The molecule has 35 heavy (non-hydrogen) atoms. The SMILES string of the molecule is C#C[C@]12CC[C@]3(C)[C@@H](C(C)=O)[C@H](C)C[C@@]3(C=C=C)[C@]1(I=C)CC[C@]1(I=C)C[C@](C)(OC)CC[C@@]12I. The number of ketones is 1. The third-order valence-corrected chi connectivity index (χ3v) is 21.8. The molecule has 9 atom stereocenters. The standard InChI is InChI=1S/C30H41I3O2/c1-10-12-27-19-21(3)23(22(4)34)25(27,6)14-15-26(11-2)29(31)17-13-24(5,35-9)20-28(29,32-7)16-18-30(26,27)33-8/h2,12,21,23H,1,7-8,13-20H2,3-6,9H3/t21-,23-,24-,25-,26-,27-,28+,29+,30+/m1/s1. The van der Waals surface area contributed by atoms with Crippen LogP contribution in [0, 0.1) is 40.4 Å². The lowest BCUT2D eigenvalue weighted by Gasteiger charge is -2.75. The van der Waals surface area contributed by atoms with Crippen molar-refractivity contribution in [3.8, 4) is 12.3 Å². The van der Waals surface area contributed by atoms with Crippen LogP contribution in [-0.4, -0.2) is 37.8 Å². The second-order valence-corrected chi connectivity index (χ2v) is 19.5. The van der Waals surface area contributed by atoms with Crippen molar-refractivity contribution in [2.24, 2.45) is 28.1 Å². The monoisotopic (exact) mass is 814 g/mol. The van der Waals surface area contributed by atoms with Gasteiger partial charge in [0.15, 0.2) is 0 Å². The minimum Gasteiger partial charge on any atom is -0.378 e. The van der Waals surface area contributed by atoms with Crippen LogP contribution in [0.15, 0.2) is 18.4 Å². The Balaban J connectivity index is 2.05. The number of hydrogen-bond acceptors (Lipinski definition) is 2. The molecule has 0 aromatic rings. The lowest BCUT2D eigenvalue weighted by molar-refractivity contribution is -0.134. The van der Waals surface area contributed by atoms with E-state index in [1.807, 2.05) is 7.11 Å². The van der Waals surface area contributed by atoms with Gasteiger partial charge in [-0.2, -0.15) is 0 Å². The molecule has 0 radical (unpaired) electrons. The average Bonchev–Trinajstić information content (AvgIpc) is 3.06. The summed E-state index contributed by atoms with van der Waals surface area (Å²) in [5.41, 5.74) is 2.58. The third kappa shape index (κ3) is 3.19. The average molecular weight is 814 g/mol. The van der Waals surface area contributed by atoms with Gasteiger partial charge in [-0.15, -0.1) is 53.6 Å². The zero-order valence-corrected chi connectivity index (χ0v) is 28.5. The van der Waals surface area contributed by atoms with Crippen LogP contribution in [0.3, 0.4) is 0 Å². The summed E-state index contributed by atoms with van der Waals surface area (Å²) in [6.07, 6.45) is 17.4. The number of carbonyl (C=O) groups is 1. The molecule has 0 spiro atoms. The van der Waals surface area contributed by atoms with Crippen LogP contribution in [0.1, 0.15) is 79.1 Å².